The van der Waals surface area contributed by atoms with E-state index in [1.807, 2.05) is 0 Å². The highest BCUT2D eigenvalue weighted by atomic mass is 19.1. The normalized spacial score (nSPS) is 14.0. The second-order valence-electron chi connectivity index (χ2n) is 4.57. The molecule has 1 aromatic rings. The lowest BCUT2D eigenvalue weighted by atomic mass is 10.1. The van der Waals surface area contributed by atoms with Crippen molar-refractivity contribution < 1.29 is 38.0 Å². The molecule has 0 radical (unpaired) electrons. The van der Waals surface area contributed by atoms with Crippen LogP contribution in [0.5, 0.6) is 0 Å². The number of benzene rings is 1. The van der Waals surface area contributed by atoms with E-state index in [1.54, 1.807) is 0 Å². The van der Waals surface area contributed by atoms with Gasteiger partial charge in [0, 0.05) is 12.1 Å². The van der Waals surface area contributed by atoms with E-state index in [9.17, 15) is 33.7 Å². The molecule has 1 amide bonds. The minimum atomic E-state index is -1.36. The summed E-state index contributed by atoms with van der Waals surface area (Å²) in [5, 5.41) is 10.7. The van der Waals surface area contributed by atoms with E-state index in [2.05, 4.69) is 9.47 Å². The van der Waals surface area contributed by atoms with Gasteiger partial charge in [-0.2, -0.15) is 4.39 Å². The Morgan fingerprint density at radius 3 is 2.24 bits per heavy atom. The van der Waals surface area contributed by atoms with Crippen LogP contribution in [0.1, 0.15) is 0 Å². The monoisotopic (exact) mass is 352 g/mol. The Morgan fingerprint density at radius 2 is 1.76 bits per heavy atom. The molecule has 0 atom stereocenters. The summed E-state index contributed by atoms with van der Waals surface area (Å²) in [5.41, 5.74) is -2.89. The predicted octanol–water partition coefficient (Wildman–Crippen LogP) is 0.250. The first kappa shape index (κ1) is 17.7. The molecule has 0 spiro atoms. The second kappa shape index (κ2) is 6.47. The van der Waals surface area contributed by atoms with Crippen LogP contribution >= 0.6 is 0 Å². The highest BCUT2D eigenvalue weighted by Gasteiger charge is 2.47. The van der Waals surface area contributed by atoms with Gasteiger partial charge in [-0.1, -0.05) is 0 Å². The molecule has 0 fully saturated rings. The molecular formula is C14H9FN2O8. The molecule has 10 nitrogen and oxygen atoms in total. The summed E-state index contributed by atoms with van der Waals surface area (Å²) in [6, 6.07) is 2.26. The van der Waals surface area contributed by atoms with Crippen molar-refractivity contribution in [3.8, 4) is 0 Å². The van der Waals surface area contributed by atoms with Gasteiger partial charge in [0.05, 0.1) is 24.8 Å². The maximum atomic E-state index is 13.8. The summed E-state index contributed by atoms with van der Waals surface area (Å²) in [6.45, 7) is 0. The quantitative estimate of drug-likeness (QED) is 0.247. The fraction of sp³-hybridized carbons (Fsp3) is 0.143. The van der Waals surface area contributed by atoms with Gasteiger partial charge in [-0.15, -0.1) is 0 Å². The highest BCUT2D eigenvalue weighted by molar-refractivity contribution is 6.57. The summed E-state index contributed by atoms with van der Waals surface area (Å²) in [7, 11) is 1.86. The summed E-state index contributed by atoms with van der Waals surface area (Å²) in [4.78, 5) is 58.0. The number of nitro groups is 1. The molecule has 1 aliphatic rings. The molecule has 1 aliphatic heterocycles. The first-order valence-corrected chi connectivity index (χ1v) is 6.48. The minimum Gasteiger partial charge on any atom is -0.465 e. The number of anilines is 1. The average molecular weight is 352 g/mol. The Labute approximate surface area is 138 Å². The van der Waals surface area contributed by atoms with Gasteiger partial charge in [0.15, 0.2) is 5.70 Å². The molecule has 0 unspecified atom stereocenters. The van der Waals surface area contributed by atoms with Gasteiger partial charge in [-0.05, 0) is 6.07 Å². The number of hydrogen-bond donors (Lipinski definition) is 0. The third-order valence-electron chi connectivity index (χ3n) is 3.24. The number of hydrogen-bond acceptors (Lipinski definition) is 8. The van der Waals surface area contributed by atoms with Crippen molar-refractivity contribution in [2.75, 3.05) is 19.1 Å². The van der Waals surface area contributed by atoms with Crippen LogP contribution in [-0.4, -0.2) is 42.8 Å². The third kappa shape index (κ3) is 2.82. The van der Waals surface area contributed by atoms with Gasteiger partial charge in [0.25, 0.3) is 5.78 Å². The van der Waals surface area contributed by atoms with E-state index in [0.717, 1.165) is 26.4 Å². The zero-order valence-electron chi connectivity index (χ0n) is 12.8. The fourth-order valence-electron chi connectivity index (χ4n) is 2.14. The number of halogens is 1. The summed E-state index contributed by atoms with van der Waals surface area (Å²) < 4.78 is 22.6. The van der Waals surface area contributed by atoms with Crippen molar-refractivity contribution in [1.29, 1.82) is 0 Å². The van der Waals surface area contributed by atoms with Crippen LogP contribution < -0.4 is 4.90 Å². The van der Waals surface area contributed by atoms with Crippen LogP contribution in [0.25, 0.3) is 0 Å². The Balaban J connectivity index is 2.68. The molecule has 2 rings (SSSR count). The van der Waals surface area contributed by atoms with Crippen molar-refractivity contribution >= 4 is 35.0 Å². The van der Waals surface area contributed by atoms with E-state index in [-0.39, 0.29) is 5.69 Å². The molecule has 1 aromatic carbocycles. The SMILES string of the molecule is COC(=O)C1=C(C(=O)OC)N(c2ccc([N+](=O)[O-])c(F)c2)C(=O)C1=O. The van der Waals surface area contributed by atoms with Crippen LogP contribution in [0.15, 0.2) is 29.5 Å². The lowest BCUT2D eigenvalue weighted by molar-refractivity contribution is -0.387. The number of nitrogens with zero attached hydrogens (tertiary/aromatic N) is 2. The maximum Gasteiger partial charge on any atom is 0.356 e. The number of methoxy groups -OCH3 is 2. The fourth-order valence-corrected chi connectivity index (χ4v) is 2.14. The van der Waals surface area contributed by atoms with Gasteiger partial charge in [-0.25, -0.2) is 9.59 Å². The standard InChI is InChI=1S/C14H9FN2O8/c1-24-13(20)9-10(14(21)25-2)16(12(19)11(9)18)6-3-4-8(17(22)23)7(15)5-6/h3-5H,1-2H3. The Bertz CT molecular complexity index is 860. The van der Waals surface area contributed by atoms with Crippen molar-refractivity contribution in [2.45, 2.75) is 0 Å². The first-order chi connectivity index (χ1) is 11.7. The number of Topliss-reactive ketones (excluding diaryl/α,β-unsaturated/α-hetero) is 1. The smallest absolute Gasteiger partial charge is 0.356 e. The molecule has 0 aliphatic carbocycles. The molecule has 11 heteroatoms. The zero-order chi connectivity index (χ0) is 18.9. The van der Waals surface area contributed by atoms with E-state index >= 15 is 0 Å². The third-order valence-corrected chi connectivity index (χ3v) is 3.24. The summed E-state index contributed by atoms with van der Waals surface area (Å²) >= 11 is 0. The van der Waals surface area contributed by atoms with Crippen LogP contribution in [0.2, 0.25) is 0 Å². The van der Waals surface area contributed by atoms with Gasteiger partial charge in [0.1, 0.15) is 5.57 Å². The molecule has 1 heterocycles. The highest BCUT2D eigenvalue weighted by Crippen LogP contribution is 2.32. The zero-order valence-corrected chi connectivity index (χ0v) is 12.8. The number of rotatable bonds is 4. The van der Waals surface area contributed by atoms with Crippen molar-refractivity contribution in [2.24, 2.45) is 0 Å². The minimum absolute atomic E-state index is 0.374. The number of esters is 2. The predicted molar refractivity (Wildman–Crippen MR) is 76.6 cm³/mol. The molecule has 130 valence electrons. The molecular weight excluding hydrogens is 343 g/mol. The number of ether oxygens (including phenoxy) is 2. The van der Waals surface area contributed by atoms with Crippen molar-refractivity contribution in [3.05, 3.63) is 45.4 Å². The van der Waals surface area contributed by atoms with Gasteiger partial charge >= 0.3 is 23.5 Å². The van der Waals surface area contributed by atoms with E-state index in [4.69, 9.17) is 0 Å². The average Bonchev–Trinajstić information content (AvgIpc) is 2.84. The second-order valence-corrected chi connectivity index (χ2v) is 4.57. The lowest BCUT2D eigenvalue weighted by Gasteiger charge is -2.18. The van der Waals surface area contributed by atoms with E-state index in [1.165, 1.54) is 0 Å². The van der Waals surface area contributed by atoms with E-state index in [0.29, 0.717) is 11.0 Å². The Hall–Kier alpha value is -3.63. The molecule has 25 heavy (non-hydrogen) atoms. The summed E-state index contributed by atoms with van der Waals surface area (Å²) in [5.74, 6) is -6.49. The van der Waals surface area contributed by atoms with Gasteiger partial charge in [-0.3, -0.25) is 24.6 Å². The van der Waals surface area contributed by atoms with Crippen LogP contribution in [0.3, 0.4) is 0 Å². The lowest BCUT2D eigenvalue weighted by Crippen LogP contribution is -2.31. The molecule has 0 bridgehead atoms. The largest absolute Gasteiger partial charge is 0.465 e. The molecule has 0 aromatic heterocycles. The molecule has 0 saturated carbocycles. The van der Waals surface area contributed by atoms with Crippen LogP contribution in [0, 0.1) is 15.9 Å². The Kier molecular flexibility index (Phi) is 4.59. The van der Waals surface area contributed by atoms with Crippen LogP contribution in [-0.2, 0) is 28.7 Å². The number of carbonyl (C=O) groups excluding carboxylic acids is 4. The van der Waals surface area contributed by atoms with Gasteiger partial charge < -0.3 is 9.47 Å². The van der Waals surface area contributed by atoms with Gasteiger partial charge in [0.2, 0.25) is 5.82 Å². The number of carbonyl (C=O) groups is 4. The number of nitro benzene ring substituents is 1. The molecule has 0 saturated heterocycles. The van der Waals surface area contributed by atoms with Crippen molar-refractivity contribution in [3.63, 3.8) is 0 Å². The summed E-state index contributed by atoms with van der Waals surface area (Å²) in [6.07, 6.45) is 0. The number of amides is 1. The topological polar surface area (TPSA) is 133 Å². The number of ketones is 1. The first-order valence-electron chi connectivity index (χ1n) is 6.48. The van der Waals surface area contributed by atoms with Crippen molar-refractivity contribution in [1.82, 2.24) is 0 Å². The molecule has 0 N–H and O–H groups in total. The van der Waals surface area contributed by atoms with Crippen LogP contribution in [0.4, 0.5) is 15.8 Å². The Morgan fingerprint density at radius 1 is 1.16 bits per heavy atom. The van der Waals surface area contributed by atoms with E-state index < -0.39 is 51.3 Å². The maximum absolute atomic E-state index is 13.8.